The molecule has 1 aromatic heterocycles. The molecule has 0 radical (unpaired) electrons. The first-order valence-electron chi connectivity index (χ1n) is 5.15. The molecule has 0 bridgehead atoms. The quantitative estimate of drug-likeness (QED) is 0.660. The van der Waals surface area contributed by atoms with Gasteiger partial charge in [-0.05, 0) is 51.5 Å². The number of rotatable bonds is 3. The highest BCUT2D eigenvalue weighted by Crippen LogP contribution is 2.39. The molecule has 0 saturated heterocycles. The van der Waals surface area contributed by atoms with Crippen LogP contribution in [0.3, 0.4) is 0 Å². The van der Waals surface area contributed by atoms with E-state index >= 15 is 0 Å². The van der Waals surface area contributed by atoms with Gasteiger partial charge in [-0.3, -0.25) is 0 Å². The predicted molar refractivity (Wildman–Crippen MR) is 80.5 cm³/mol. The van der Waals surface area contributed by atoms with Gasteiger partial charge in [-0.25, -0.2) is 0 Å². The first kappa shape index (κ1) is 13.1. The van der Waals surface area contributed by atoms with Gasteiger partial charge in [0.05, 0.1) is 11.9 Å². The van der Waals surface area contributed by atoms with Crippen LogP contribution < -0.4 is 4.74 Å². The Kier molecular flexibility index (Phi) is 4.28. The van der Waals surface area contributed by atoms with Crippen LogP contribution in [0.5, 0.6) is 5.75 Å². The zero-order valence-corrected chi connectivity index (χ0v) is 13.5. The Labute approximate surface area is 122 Å². The topological polar surface area (TPSA) is 9.23 Å². The monoisotopic (exact) mass is 374 g/mol. The second kappa shape index (κ2) is 5.55. The Balaban J connectivity index is 2.35. The van der Waals surface area contributed by atoms with Gasteiger partial charge in [-0.15, -0.1) is 11.3 Å². The maximum absolute atomic E-state index is 5.27. The molecule has 90 valence electrons. The van der Waals surface area contributed by atoms with Crippen molar-refractivity contribution >= 4 is 43.2 Å². The summed E-state index contributed by atoms with van der Waals surface area (Å²) in [5.74, 6) is 0.929. The van der Waals surface area contributed by atoms with E-state index in [0.29, 0.717) is 0 Å². The van der Waals surface area contributed by atoms with Crippen molar-refractivity contribution in [1.29, 1.82) is 0 Å². The number of thiophene rings is 1. The lowest BCUT2D eigenvalue weighted by Crippen LogP contribution is -1.93. The van der Waals surface area contributed by atoms with Gasteiger partial charge in [0.25, 0.3) is 0 Å². The van der Waals surface area contributed by atoms with Gasteiger partial charge < -0.3 is 4.74 Å². The fourth-order valence-electron chi connectivity index (χ4n) is 1.70. The lowest BCUT2D eigenvalue weighted by atomic mass is 10.1. The molecule has 2 rings (SSSR count). The molecular weight excluding hydrogens is 364 g/mol. The average Bonchev–Trinajstić information content (AvgIpc) is 2.74. The van der Waals surface area contributed by atoms with Gasteiger partial charge in [0.1, 0.15) is 5.75 Å². The summed E-state index contributed by atoms with van der Waals surface area (Å²) in [6, 6.07) is 8.34. The highest BCUT2D eigenvalue weighted by Gasteiger charge is 2.15. The van der Waals surface area contributed by atoms with E-state index in [-0.39, 0.29) is 4.83 Å². The zero-order chi connectivity index (χ0) is 12.4. The van der Waals surface area contributed by atoms with E-state index in [4.69, 9.17) is 4.74 Å². The Bertz CT molecular complexity index is 522. The summed E-state index contributed by atoms with van der Waals surface area (Å²) in [6.45, 7) is 2.06. The molecule has 17 heavy (non-hydrogen) atoms. The Hall–Kier alpha value is -0.320. The number of methoxy groups -OCH3 is 1. The first-order chi connectivity index (χ1) is 8.13. The van der Waals surface area contributed by atoms with Crippen LogP contribution in [0.2, 0.25) is 0 Å². The van der Waals surface area contributed by atoms with Crippen molar-refractivity contribution in [3.63, 3.8) is 0 Å². The van der Waals surface area contributed by atoms with Crippen LogP contribution in [-0.2, 0) is 0 Å². The van der Waals surface area contributed by atoms with E-state index < -0.39 is 0 Å². The summed E-state index contributed by atoms with van der Waals surface area (Å²) in [7, 11) is 1.70. The number of benzene rings is 1. The number of ether oxygens (including phenoxy) is 1. The van der Waals surface area contributed by atoms with Crippen molar-refractivity contribution in [3.05, 3.63) is 50.1 Å². The van der Waals surface area contributed by atoms with Gasteiger partial charge in [-0.2, -0.15) is 0 Å². The van der Waals surface area contributed by atoms with Crippen molar-refractivity contribution in [2.45, 2.75) is 11.8 Å². The first-order valence-corrected chi connectivity index (χ1v) is 7.74. The fraction of sp³-hybridized carbons (Fsp3) is 0.231. The van der Waals surface area contributed by atoms with Crippen LogP contribution in [0.25, 0.3) is 0 Å². The van der Waals surface area contributed by atoms with Crippen LogP contribution in [0.1, 0.15) is 20.8 Å². The van der Waals surface area contributed by atoms with Crippen molar-refractivity contribution in [2.24, 2.45) is 0 Å². The molecule has 1 atom stereocenters. The molecule has 0 fully saturated rings. The minimum atomic E-state index is 0.224. The lowest BCUT2D eigenvalue weighted by molar-refractivity contribution is 0.411. The van der Waals surface area contributed by atoms with Crippen LogP contribution >= 0.6 is 43.2 Å². The Morgan fingerprint density at radius 2 is 2.06 bits per heavy atom. The molecule has 2 aromatic rings. The molecule has 0 amide bonds. The van der Waals surface area contributed by atoms with Gasteiger partial charge in [-0.1, -0.05) is 28.1 Å². The van der Waals surface area contributed by atoms with E-state index in [1.165, 1.54) is 10.4 Å². The molecule has 1 heterocycles. The number of alkyl halides is 1. The third kappa shape index (κ3) is 2.75. The van der Waals surface area contributed by atoms with Crippen molar-refractivity contribution in [3.8, 4) is 5.75 Å². The van der Waals surface area contributed by atoms with Crippen LogP contribution in [0.15, 0.2) is 34.1 Å². The van der Waals surface area contributed by atoms with Crippen LogP contribution in [0.4, 0.5) is 0 Å². The number of halogens is 2. The Morgan fingerprint density at radius 3 is 2.59 bits per heavy atom. The smallest absolute Gasteiger partial charge is 0.121 e. The molecule has 0 spiro atoms. The minimum Gasteiger partial charge on any atom is -0.496 e. The lowest BCUT2D eigenvalue weighted by Gasteiger charge is -2.12. The molecule has 4 heteroatoms. The summed E-state index contributed by atoms with van der Waals surface area (Å²) in [4.78, 5) is 1.51. The third-order valence-electron chi connectivity index (χ3n) is 2.59. The summed E-state index contributed by atoms with van der Waals surface area (Å²) in [5.41, 5.74) is 2.40. The molecule has 1 unspecified atom stereocenters. The highest BCUT2D eigenvalue weighted by molar-refractivity contribution is 9.11. The average molecular weight is 376 g/mol. The fourth-order valence-corrected chi connectivity index (χ4v) is 4.46. The van der Waals surface area contributed by atoms with Crippen LogP contribution in [-0.4, -0.2) is 7.11 Å². The predicted octanol–water partition coefficient (Wildman–Crippen LogP) is 5.31. The minimum absolute atomic E-state index is 0.224. The molecular formula is C13H12Br2OS. The van der Waals surface area contributed by atoms with E-state index in [1.807, 2.05) is 6.07 Å². The molecule has 0 saturated carbocycles. The molecule has 0 aliphatic rings. The van der Waals surface area contributed by atoms with Gasteiger partial charge >= 0.3 is 0 Å². The molecule has 1 aromatic carbocycles. The van der Waals surface area contributed by atoms with E-state index in [2.05, 4.69) is 62.4 Å². The largest absolute Gasteiger partial charge is 0.496 e. The zero-order valence-electron chi connectivity index (χ0n) is 9.54. The number of aryl methyl sites for hydroxylation is 1. The van der Waals surface area contributed by atoms with Gasteiger partial charge in [0, 0.05) is 9.35 Å². The van der Waals surface area contributed by atoms with Crippen LogP contribution in [0, 0.1) is 6.92 Å². The van der Waals surface area contributed by atoms with Crippen molar-refractivity contribution in [1.82, 2.24) is 0 Å². The van der Waals surface area contributed by atoms with E-state index in [9.17, 15) is 0 Å². The van der Waals surface area contributed by atoms with E-state index in [0.717, 1.165) is 15.8 Å². The summed E-state index contributed by atoms with van der Waals surface area (Å²) < 4.78 is 6.42. The summed E-state index contributed by atoms with van der Waals surface area (Å²) in [5, 5.41) is 2.09. The highest BCUT2D eigenvalue weighted by atomic mass is 79.9. The number of hydrogen-bond acceptors (Lipinski definition) is 2. The maximum atomic E-state index is 5.27. The SMILES string of the molecule is COc1ccc(C(Br)c2sccc2Br)cc1C. The maximum Gasteiger partial charge on any atom is 0.121 e. The van der Waals surface area contributed by atoms with Gasteiger partial charge in [0.15, 0.2) is 0 Å². The normalized spacial score (nSPS) is 12.5. The third-order valence-corrected chi connectivity index (χ3v) is 5.81. The number of hydrogen-bond donors (Lipinski definition) is 0. The molecule has 1 nitrogen and oxygen atoms in total. The molecule has 0 aliphatic heterocycles. The standard InChI is InChI=1S/C13H12Br2OS/c1-8-7-9(3-4-11(8)16-2)12(15)13-10(14)5-6-17-13/h3-7,12H,1-2H3. The second-order valence-electron chi connectivity index (χ2n) is 3.72. The Morgan fingerprint density at radius 1 is 1.29 bits per heavy atom. The summed E-state index contributed by atoms with van der Waals surface area (Å²) >= 11 is 9.05. The van der Waals surface area contributed by atoms with Gasteiger partial charge in [0.2, 0.25) is 0 Å². The molecule has 0 N–H and O–H groups in total. The summed E-state index contributed by atoms with van der Waals surface area (Å²) in [6.07, 6.45) is 0. The van der Waals surface area contributed by atoms with Crippen molar-refractivity contribution in [2.75, 3.05) is 7.11 Å². The van der Waals surface area contributed by atoms with Crippen molar-refractivity contribution < 1.29 is 4.74 Å². The second-order valence-corrected chi connectivity index (χ2v) is 6.44. The molecule has 0 aliphatic carbocycles. The van der Waals surface area contributed by atoms with E-state index in [1.54, 1.807) is 18.4 Å².